The fourth-order valence-corrected chi connectivity index (χ4v) is 2.80. The van der Waals surface area contributed by atoms with E-state index in [9.17, 15) is 23.9 Å². The Morgan fingerprint density at radius 2 is 1.83 bits per heavy atom. The molecule has 118 valence electrons. The molecule has 7 nitrogen and oxygen atoms in total. The van der Waals surface area contributed by atoms with Gasteiger partial charge in [0.05, 0.1) is 15.7 Å². The van der Waals surface area contributed by atoms with Gasteiger partial charge in [0.25, 0.3) is 5.69 Å². The molecular formula is C15H11NO6S. The van der Waals surface area contributed by atoms with Crippen LogP contribution in [-0.4, -0.2) is 27.1 Å². The molecule has 1 unspecified atom stereocenters. The fourth-order valence-electron chi connectivity index (χ4n) is 1.76. The Hall–Kier alpha value is -2.87. The number of hydrogen-bond donors (Lipinski definition) is 0. The highest BCUT2D eigenvalue weighted by Crippen LogP contribution is 2.22. The van der Waals surface area contributed by atoms with Crippen molar-refractivity contribution in [3.63, 3.8) is 0 Å². The van der Waals surface area contributed by atoms with Crippen molar-refractivity contribution in [3.05, 3.63) is 64.2 Å². The number of rotatable bonds is 6. The van der Waals surface area contributed by atoms with Crippen LogP contribution >= 0.6 is 0 Å². The number of ether oxygens (including phenoxy) is 1. The van der Waals surface area contributed by atoms with Gasteiger partial charge in [-0.15, -0.1) is 0 Å². The molecule has 0 heterocycles. The third-order valence-electron chi connectivity index (χ3n) is 2.80. The third-order valence-corrected chi connectivity index (χ3v) is 4.14. The molecule has 1 atom stereocenters. The summed E-state index contributed by atoms with van der Waals surface area (Å²) in [6, 6.07) is 11.3. The van der Waals surface area contributed by atoms with Gasteiger partial charge in [-0.1, -0.05) is 12.1 Å². The van der Waals surface area contributed by atoms with Crippen LogP contribution < -0.4 is 4.74 Å². The minimum absolute atomic E-state index is 0.0363. The molecule has 0 radical (unpaired) electrons. The summed E-state index contributed by atoms with van der Waals surface area (Å²) in [4.78, 5) is 32.5. The summed E-state index contributed by atoms with van der Waals surface area (Å²) in [7, 11) is -1.90. The molecule has 0 spiro atoms. The summed E-state index contributed by atoms with van der Waals surface area (Å²) >= 11 is 0. The fraction of sp³-hybridized carbons (Fsp3) is 0.0667. The molecule has 0 saturated carbocycles. The van der Waals surface area contributed by atoms with E-state index in [1.807, 2.05) is 0 Å². The van der Waals surface area contributed by atoms with Gasteiger partial charge in [0.15, 0.2) is 0 Å². The molecule has 0 aliphatic carbocycles. The lowest BCUT2D eigenvalue weighted by Crippen LogP contribution is -2.17. The van der Waals surface area contributed by atoms with Gasteiger partial charge in [0.1, 0.15) is 22.7 Å². The second-order valence-electron chi connectivity index (χ2n) is 4.38. The number of nitrogens with zero attached hydrogens (tertiary/aromatic N) is 1. The Labute approximate surface area is 133 Å². The summed E-state index contributed by atoms with van der Waals surface area (Å²) in [5, 5.41) is 10.9. The van der Waals surface area contributed by atoms with E-state index in [0.717, 1.165) is 0 Å². The van der Waals surface area contributed by atoms with Crippen molar-refractivity contribution < 1.29 is 23.5 Å². The van der Waals surface area contributed by atoms with Gasteiger partial charge in [-0.2, -0.15) is 0 Å². The van der Waals surface area contributed by atoms with Gasteiger partial charge in [-0.05, 0) is 30.3 Å². The third kappa shape index (κ3) is 4.30. The maximum atomic E-state index is 12.1. The number of nitro groups is 1. The molecule has 0 saturated heterocycles. The molecule has 0 N–H and O–H groups in total. The second-order valence-corrected chi connectivity index (χ2v) is 5.80. The molecule has 0 aliphatic rings. The van der Waals surface area contributed by atoms with Gasteiger partial charge >= 0.3 is 5.97 Å². The van der Waals surface area contributed by atoms with E-state index >= 15 is 0 Å². The molecule has 0 aromatic heterocycles. The van der Waals surface area contributed by atoms with Gasteiger partial charge in [0.2, 0.25) is 0 Å². The first kappa shape index (κ1) is 16.5. The maximum Gasteiger partial charge on any atom is 0.324 e. The molecule has 0 amide bonds. The Morgan fingerprint density at radius 1 is 1.17 bits per heavy atom. The van der Waals surface area contributed by atoms with Crippen LogP contribution in [0.25, 0.3) is 0 Å². The number of carbonyl (C=O) groups excluding carboxylic acids is 2. The van der Waals surface area contributed by atoms with Crippen molar-refractivity contribution in [1.82, 2.24) is 0 Å². The summed E-state index contributed by atoms with van der Waals surface area (Å²) in [5.41, 5.74) is 0.113. The largest absolute Gasteiger partial charge is 0.426 e. The Balaban J connectivity index is 2.06. The average molecular weight is 333 g/mol. The minimum atomic E-state index is -1.90. The van der Waals surface area contributed by atoms with Crippen LogP contribution in [0.5, 0.6) is 5.75 Å². The number of para-hydroxylation sites is 1. The lowest BCUT2D eigenvalue weighted by Gasteiger charge is -2.05. The molecule has 8 heteroatoms. The van der Waals surface area contributed by atoms with Crippen LogP contribution in [0.1, 0.15) is 10.4 Å². The van der Waals surface area contributed by atoms with Crippen molar-refractivity contribution in [2.24, 2.45) is 0 Å². The van der Waals surface area contributed by atoms with Crippen LogP contribution in [0, 0.1) is 10.1 Å². The summed E-state index contributed by atoms with van der Waals surface area (Å²) < 4.78 is 17.1. The lowest BCUT2D eigenvalue weighted by atomic mass is 10.2. The molecular weight excluding hydrogens is 322 g/mol. The van der Waals surface area contributed by atoms with E-state index in [-0.39, 0.29) is 16.3 Å². The highest BCUT2D eigenvalue weighted by molar-refractivity contribution is 7.85. The predicted octanol–water partition coefficient (Wildman–Crippen LogP) is 2.12. The second kappa shape index (κ2) is 7.41. The zero-order chi connectivity index (χ0) is 16.8. The van der Waals surface area contributed by atoms with Crippen LogP contribution in [0.3, 0.4) is 0 Å². The van der Waals surface area contributed by atoms with E-state index in [4.69, 9.17) is 4.74 Å². The van der Waals surface area contributed by atoms with Crippen molar-refractivity contribution in [2.45, 2.75) is 4.90 Å². The lowest BCUT2D eigenvalue weighted by molar-refractivity contribution is -0.387. The number of esters is 1. The predicted molar refractivity (Wildman–Crippen MR) is 81.8 cm³/mol. The summed E-state index contributed by atoms with van der Waals surface area (Å²) in [6.45, 7) is 0. The van der Waals surface area contributed by atoms with Crippen molar-refractivity contribution in [1.29, 1.82) is 0 Å². The van der Waals surface area contributed by atoms with E-state index in [2.05, 4.69) is 0 Å². The molecule has 2 aromatic carbocycles. The van der Waals surface area contributed by atoms with Gasteiger partial charge in [-0.25, -0.2) is 0 Å². The van der Waals surface area contributed by atoms with E-state index in [0.29, 0.717) is 11.8 Å². The van der Waals surface area contributed by atoms with E-state index < -0.39 is 27.4 Å². The first-order valence-electron chi connectivity index (χ1n) is 6.39. The topological polar surface area (TPSA) is 104 Å². The van der Waals surface area contributed by atoms with E-state index in [1.54, 1.807) is 0 Å². The molecule has 2 aromatic rings. The normalized spacial score (nSPS) is 11.5. The van der Waals surface area contributed by atoms with Crippen LogP contribution in [0.15, 0.2) is 53.4 Å². The number of carbonyl (C=O) groups is 2. The summed E-state index contributed by atoms with van der Waals surface area (Å²) in [5.74, 6) is -1.11. The Morgan fingerprint density at radius 3 is 2.43 bits per heavy atom. The standard InChI is InChI=1S/C15H11NO6S/c17-9-11-5-7-12(8-6-11)22-15(18)10-23(21)14-4-2-1-3-13(14)16(19)20/h1-9H,10H2. The quantitative estimate of drug-likeness (QED) is 0.264. The zero-order valence-corrected chi connectivity index (χ0v) is 12.5. The molecule has 0 bridgehead atoms. The zero-order valence-electron chi connectivity index (χ0n) is 11.7. The van der Waals surface area contributed by atoms with Crippen LogP contribution in [-0.2, 0) is 15.6 Å². The van der Waals surface area contributed by atoms with Crippen molar-refractivity contribution in [2.75, 3.05) is 5.75 Å². The first-order chi connectivity index (χ1) is 11.0. The van der Waals surface area contributed by atoms with Gasteiger partial charge in [-0.3, -0.25) is 23.9 Å². The molecule has 0 fully saturated rings. The maximum absolute atomic E-state index is 12.1. The first-order valence-corrected chi connectivity index (χ1v) is 7.71. The average Bonchev–Trinajstić information content (AvgIpc) is 2.55. The smallest absolute Gasteiger partial charge is 0.324 e. The number of benzene rings is 2. The number of hydrogen-bond acceptors (Lipinski definition) is 6. The SMILES string of the molecule is O=Cc1ccc(OC(=O)CS(=O)c2ccccc2[N+](=O)[O-])cc1. The minimum Gasteiger partial charge on any atom is -0.426 e. The molecule has 0 aliphatic heterocycles. The monoisotopic (exact) mass is 333 g/mol. The summed E-state index contributed by atoms with van der Waals surface area (Å²) in [6.07, 6.45) is 0.648. The highest BCUT2D eigenvalue weighted by atomic mass is 32.2. The Kier molecular flexibility index (Phi) is 5.32. The van der Waals surface area contributed by atoms with Gasteiger partial charge in [0, 0.05) is 11.6 Å². The Bertz CT molecular complexity index is 772. The number of nitro benzene ring substituents is 1. The van der Waals surface area contributed by atoms with Crippen LogP contribution in [0.2, 0.25) is 0 Å². The van der Waals surface area contributed by atoms with Crippen molar-refractivity contribution in [3.8, 4) is 5.75 Å². The highest BCUT2D eigenvalue weighted by Gasteiger charge is 2.21. The van der Waals surface area contributed by atoms with Crippen LogP contribution in [0.4, 0.5) is 5.69 Å². The van der Waals surface area contributed by atoms with Gasteiger partial charge < -0.3 is 4.74 Å². The number of aldehydes is 1. The molecule has 23 heavy (non-hydrogen) atoms. The van der Waals surface area contributed by atoms with Crippen molar-refractivity contribution >= 4 is 28.7 Å². The molecule has 2 rings (SSSR count). The van der Waals surface area contributed by atoms with E-state index in [1.165, 1.54) is 48.5 Å².